The van der Waals surface area contributed by atoms with Gasteiger partial charge in [0.05, 0.1) is 39.8 Å². The van der Waals surface area contributed by atoms with E-state index in [-0.39, 0.29) is 11.7 Å². The number of benzene rings is 3. The quantitative estimate of drug-likeness (QED) is 0.234. The summed E-state index contributed by atoms with van der Waals surface area (Å²) in [6.45, 7) is 5.53. The largest absolute Gasteiger partial charge is 0.872 e. The van der Waals surface area contributed by atoms with E-state index in [4.69, 9.17) is 14.2 Å². The van der Waals surface area contributed by atoms with Crippen molar-refractivity contribution in [1.82, 2.24) is 4.90 Å². The molecular formula is C33H36N2O6. The van der Waals surface area contributed by atoms with Crippen LogP contribution in [0.1, 0.15) is 42.1 Å². The Kier molecular flexibility index (Phi) is 8.31. The van der Waals surface area contributed by atoms with E-state index in [0.29, 0.717) is 55.4 Å². The lowest BCUT2D eigenvalue weighted by molar-refractivity contribution is -0.857. The molecule has 3 aromatic rings. The minimum atomic E-state index is -0.840. The molecule has 1 N–H and O–H groups in total. The third kappa shape index (κ3) is 5.93. The summed E-state index contributed by atoms with van der Waals surface area (Å²) in [7, 11) is 3.96. The first-order valence-corrected chi connectivity index (χ1v) is 14.1. The van der Waals surface area contributed by atoms with Crippen LogP contribution in [0.4, 0.5) is 0 Å². The van der Waals surface area contributed by atoms with E-state index >= 15 is 0 Å². The number of amides is 1. The van der Waals surface area contributed by atoms with Gasteiger partial charge in [-0.3, -0.25) is 9.59 Å². The van der Waals surface area contributed by atoms with Crippen LogP contribution in [0.5, 0.6) is 17.2 Å². The van der Waals surface area contributed by atoms with Crippen LogP contribution in [0.25, 0.3) is 5.76 Å². The van der Waals surface area contributed by atoms with Gasteiger partial charge in [0.1, 0.15) is 18.5 Å². The maximum absolute atomic E-state index is 13.9. The minimum Gasteiger partial charge on any atom is -0.872 e. The van der Waals surface area contributed by atoms with Crippen molar-refractivity contribution < 1.29 is 33.8 Å². The summed E-state index contributed by atoms with van der Waals surface area (Å²) >= 11 is 0. The van der Waals surface area contributed by atoms with Crippen LogP contribution < -0.4 is 24.2 Å². The summed E-state index contributed by atoms with van der Waals surface area (Å²) in [5, 5.41) is 13.9. The van der Waals surface area contributed by atoms with Gasteiger partial charge in [-0.05, 0) is 60.4 Å². The molecule has 0 radical (unpaired) electrons. The van der Waals surface area contributed by atoms with Gasteiger partial charge < -0.3 is 29.1 Å². The first-order valence-electron chi connectivity index (χ1n) is 14.1. The topological polar surface area (TPSA) is 92.6 Å². The number of hydrogen-bond acceptors (Lipinski definition) is 6. The Morgan fingerprint density at radius 2 is 1.80 bits per heavy atom. The molecule has 1 fully saturated rings. The molecule has 1 saturated heterocycles. The first kappa shape index (κ1) is 28.2. The maximum atomic E-state index is 13.9. The van der Waals surface area contributed by atoms with Gasteiger partial charge in [-0.25, -0.2) is 0 Å². The number of rotatable bonds is 10. The van der Waals surface area contributed by atoms with Gasteiger partial charge in [0.2, 0.25) is 5.78 Å². The third-order valence-electron chi connectivity index (χ3n) is 7.36. The van der Waals surface area contributed by atoms with E-state index in [0.717, 1.165) is 21.8 Å². The van der Waals surface area contributed by atoms with Crippen molar-refractivity contribution in [2.24, 2.45) is 0 Å². The highest BCUT2D eigenvalue weighted by Gasteiger charge is 2.44. The number of hydrogen-bond donors (Lipinski definition) is 1. The van der Waals surface area contributed by atoms with Crippen molar-refractivity contribution in [2.75, 3.05) is 33.8 Å². The Hall–Kier alpha value is -4.30. The lowest BCUT2D eigenvalue weighted by atomic mass is 9.94. The number of likely N-dealkylation sites (N-methyl/N-ethyl adjacent to an activating group) is 1. The zero-order valence-electron chi connectivity index (χ0n) is 23.9. The molecule has 3 aromatic carbocycles. The van der Waals surface area contributed by atoms with E-state index in [1.807, 2.05) is 58.3 Å². The molecular weight excluding hydrogens is 520 g/mol. The first-order chi connectivity index (χ1) is 19.8. The fourth-order valence-corrected chi connectivity index (χ4v) is 5.33. The van der Waals surface area contributed by atoms with Crippen LogP contribution >= 0.6 is 0 Å². The lowest BCUT2D eigenvalue weighted by Crippen LogP contribution is -3.06. The molecule has 2 aliphatic heterocycles. The molecule has 2 unspecified atom stereocenters. The van der Waals surface area contributed by atoms with Crippen molar-refractivity contribution in [3.8, 4) is 17.2 Å². The van der Waals surface area contributed by atoms with Gasteiger partial charge in [0.25, 0.3) is 5.91 Å². The number of carbonyl (C=O) groups excluding carboxylic acids is 2. The molecule has 0 aromatic heterocycles. The molecule has 8 heteroatoms. The summed E-state index contributed by atoms with van der Waals surface area (Å²) in [4.78, 5) is 29.4. The van der Waals surface area contributed by atoms with Crippen molar-refractivity contribution in [1.29, 1.82) is 0 Å². The van der Waals surface area contributed by atoms with Gasteiger partial charge in [0, 0.05) is 12.0 Å². The minimum absolute atomic E-state index is 0.0223. The Morgan fingerprint density at radius 1 is 1.02 bits per heavy atom. The summed E-state index contributed by atoms with van der Waals surface area (Å²) < 4.78 is 17.8. The van der Waals surface area contributed by atoms with Crippen LogP contribution in [-0.2, 0) is 22.6 Å². The molecule has 0 spiro atoms. The van der Waals surface area contributed by atoms with E-state index < -0.39 is 23.5 Å². The smallest absolute Gasteiger partial charge is 0.295 e. The van der Waals surface area contributed by atoms with Crippen LogP contribution in [0.3, 0.4) is 0 Å². The normalized spacial score (nSPS) is 19.4. The molecule has 1 amide bonds. The summed E-state index contributed by atoms with van der Waals surface area (Å²) in [5.41, 5.74) is 2.88. The van der Waals surface area contributed by atoms with Crippen molar-refractivity contribution in [3.05, 3.63) is 94.6 Å². The van der Waals surface area contributed by atoms with Crippen LogP contribution in [-0.4, -0.2) is 56.5 Å². The molecule has 0 aliphatic carbocycles. The predicted molar refractivity (Wildman–Crippen MR) is 153 cm³/mol. The van der Waals surface area contributed by atoms with E-state index in [1.165, 1.54) is 4.90 Å². The van der Waals surface area contributed by atoms with Crippen molar-refractivity contribution in [2.45, 2.75) is 39.0 Å². The Bertz CT molecular complexity index is 1470. The zero-order valence-corrected chi connectivity index (χ0v) is 23.9. The second kappa shape index (κ2) is 12.1. The molecule has 5 rings (SSSR count). The summed E-state index contributed by atoms with van der Waals surface area (Å²) in [6, 6.07) is 19.5. The number of nitrogens with one attached hydrogen (secondary N) is 1. The second-order valence-electron chi connectivity index (χ2n) is 10.8. The molecule has 0 saturated carbocycles. The summed E-state index contributed by atoms with van der Waals surface area (Å²) in [5.74, 6) is -0.104. The fourth-order valence-electron chi connectivity index (χ4n) is 5.33. The average molecular weight is 557 g/mol. The van der Waals surface area contributed by atoms with Gasteiger partial charge >= 0.3 is 0 Å². The molecule has 41 heavy (non-hydrogen) atoms. The number of nitrogens with zero attached hydrogens (tertiary/aromatic N) is 1. The second-order valence-corrected chi connectivity index (χ2v) is 10.8. The number of carbonyl (C=O) groups is 2. The molecule has 2 heterocycles. The van der Waals surface area contributed by atoms with Crippen molar-refractivity contribution >= 4 is 17.4 Å². The Labute approximate surface area is 240 Å². The zero-order chi connectivity index (χ0) is 29.1. The molecule has 2 aliphatic rings. The number of likely N-dealkylation sites (tertiary alicyclic amines) is 1. The number of quaternary nitrogens is 1. The molecule has 2 atom stereocenters. The van der Waals surface area contributed by atoms with Gasteiger partial charge in [0.15, 0.2) is 11.5 Å². The van der Waals surface area contributed by atoms with Crippen LogP contribution in [0.2, 0.25) is 0 Å². The molecule has 8 nitrogen and oxygen atoms in total. The Balaban J connectivity index is 1.56. The van der Waals surface area contributed by atoms with Gasteiger partial charge in [-0.1, -0.05) is 48.2 Å². The number of fused-ring (bicyclic) bond motifs is 1. The SMILES string of the molecule is CCOc1cc(C2C(=C([O-])c3ccc4c(c3)CC(C)O4)C(=O)C(=O)N2CC[NH+](C)C)ccc1OCc1ccccc1. The highest BCUT2D eigenvalue weighted by Crippen LogP contribution is 2.42. The number of Topliss-reactive ketones (excluding diaryl/α,β-unsaturated/α-hetero) is 1. The lowest BCUT2D eigenvalue weighted by Gasteiger charge is -2.28. The van der Waals surface area contributed by atoms with Gasteiger partial charge in [-0.15, -0.1) is 0 Å². The van der Waals surface area contributed by atoms with Crippen molar-refractivity contribution in [3.63, 3.8) is 0 Å². The van der Waals surface area contributed by atoms with Crippen LogP contribution in [0.15, 0.2) is 72.3 Å². The molecule has 214 valence electrons. The van der Waals surface area contributed by atoms with E-state index in [2.05, 4.69) is 0 Å². The van der Waals surface area contributed by atoms with E-state index in [9.17, 15) is 14.7 Å². The highest BCUT2D eigenvalue weighted by atomic mass is 16.5. The van der Waals surface area contributed by atoms with Crippen LogP contribution in [0, 0.1) is 0 Å². The standard InChI is InChI=1S/C33H36N2O6/c1-5-39-28-19-23(11-14-27(28)40-20-22-9-7-6-8-10-22)30-29(32(37)33(38)35(30)16-15-34(3)4)31(36)24-12-13-26-25(18-24)17-21(2)41-26/h6-14,18-19,21,30,36H,5,15-17,20H2,1-4H3. The third-order valence-corrected chi connectivity index (χ3v) is 7.36. The Morgan fingerprint density at radius 3 is 2.54 bits per heavy atom. The average Bonchev–Trinajstić information content (AvgIpc) is 3.46. The fraction of sp³-hybridized carbons (Fsp3) is 0.333. The van der Waals surface area contributed by atoms with Gasteiger partial charge in [-0.2, -0.15) is 0 Å². The summed E-state index contributed by atoms with van der Waals surface area (Å²) in [6.07, 6.45) is 0.705. The number of ether oxygens (including phenoxy) is 3. The highest BCUT2D eigenvalue weighted by molar-refractivity contribution is 6.46. The molecule has 0 bridgehead atoms. The monoisotopic (exact) mass is 556 g/mol. The maximum Gasteiger partial charge on any atom is 0.295 e. The predicted octanol–water partition coefficient (Wildman–Crippen LogP) is 2.36. The number of ketones is 1. The van der Waals surface area contributed by atoms with E-state index in [1.54, 1.807) is 36.4 Å².